The summed E-state index contributed by atoms with van der Waals surface area (Å²) in [6, 6.07) is 18.2. The van der Waals surface area contributed by atoms with Crippen LogP contribution in [0.5, 0.6) is 0 Å². The second kappa shape index (κ2) is 6.05. The average molecular weight is 291 g/mol. The lowest BCUT2D eigenvalue weighted by Crippen LogP contribution is -1.87. The van der Waals surface area contributed by atoms with Gasteiger partial charge in [-0.25, -0.2) is 0 Å². The van der Waals surface area contributed by atoms with E-state index < -0.39 is 4.92 Å². The molecule has 0 aliphatic heterocycles. The number of rotatable bonds is 4. The lowest BCUT2D eigenvalue weighted by molar-refractivity contribution is -0.384. The van der Waals surface area contributed by atoms with E-state index in [4.69, 9.17) is 0 Å². The Bertz CT molecular complexity index is 805. The molecule has 2 aromatic carbocycles. The van der Waals surface area contributed by atoms with Crippen molar-refractivity contribution in [1.82, 2.24) is 10.2 Å². The Morgan fingerprint density at radius 1 is 1.00 bits per heavy atom. The molecule has 5 heteroatoms. The van der Waals surface area contributed by atoms with Gasteiger partial charge in [-0.1, -0.05) is 36.4 Å². The first-order chi connectivity index (χ1) is 10.7. The Hall–Kier alpha value is -3.21. The number of nitro benzene ring substituents is 1. The molecule has 0 fully saturated rings. The van der Waals surface area contributed by atoms with Crippen molar-refractivity contribution >= 4 is 17.8 Å². The predicted molar refractivity (Wildman–Crippen MR) is 86.0 cm³/mol. The Balaban J connectivity index is 1.79. The van der Waals surface area contributed by atoms with E-state index >= 15 is 0 Å². The van der Waals surface area contributed by atoms with Gasteiger partial charge in [0.15, 0.2) is 0 Å². The maximum atomic E-state index is 10.6. The quantitative estimate of drug-likeness (QED) is 0.579. The fourth-order valence-electron chi connectivity index (χ4n) is 2.07. The monoisotopic (exact) mass is 291 g/mol. The molecule has 3 aromatic rings. The zero-order valence-corrected chi connectivity index (χ0v) is 11.6. The highest BCUT2D eigenvalue weighted by atomic mass is 16.6. The maximum Gasteiger partial charge on any atom is 0.269 e. The summed E-state index contributed by atoms with van der Waals surface area (Å²) >= 11 is 0. The van der Waals surface area contributed by atoms with Gasteiger partial charge in [-0.15, -0.1) is 0 Å². The molecule has 0 saturated heterocycles. The lowest BCUT2D eigenvalue weighted by atomic mass is 10.1. The third-order valence-electron chi connectivity index (χ3n) is 3.23. The molecule has 0 radical (unpaired) electrons. The lowest BCUT2D eigenvalue weighted by Gasteiger charge is -1.95. The molecule has 5 nitrogen and oxygen atoms in total. The second-order valence-electron chi connectivity index (χ2n) is 4.76. The number of H-pyrrole nitrogens is 1. The molecule has 1 aromatic heterocycles. The van der Waals surface area contributed by atoms with Crippen LogP contribution in [0, 0.1) is 10.1 Å². The molecule has 108 valence electrons. The first-order valence-electron chi connectivity index (χ1n) is 6.76. The minimum Gasteiger partial charge on any atom is -0.278 e. The molecule has 0 aliphatic carbocycles. The van der Waals surface area contributed by atoms with Gasteiger partial charge in [0.1, 0.15) is 0 Å². The molecule has 0 spiro atoms. The largest absolute Gasteiger partial charge is 0.278 e. The number of nitro groups is 1. The van der Waals surface area contributed by atoms with Crippen LogP contribution in [0.3, 0.4) is 0 Å². The van der Waals surface area contributed by atoms with Gasteiger partial charge in [0.05, 0.1) is 16.3 Å². The third kappa shape index (κ3) is 3.09. The zero-order valence-electron chi connectivity index (χ0n) is 11.6. The maximum absolute atomic E-state index is 10.6. The highest BCUT2D eigenvalue weighted by Gasteiger charge is 2.07. The van der Waals surface area contributed by atoms with Crippen molar-refractivity contribution in [2.75, 3.05) is 0 Å². The van der Waals surface area contributed by atoms with Crippen LogP contribution in [-0.4, -0.2) is 15.1 Å². The standard InChI is InChI=1S/C17H13N3O2/c21-20(22)16-10-7-14(8-11-16)17-12-15(18-19-17)9-6-13-4-2-1-3-5-13/h1-12H,(H,18,19)/b9-6+. The number of nitrogens with zero attached hydrogens (tertiary/aromatic N) is 2. The molecule has 1 heterocycles. The Morgan fingerprint density at radius 2 is 1.73 bits per heavy atom. The van der Waals surface area contributed by atoms with Gasteiger partial charge in [-0.05, 0) is 29.8 Å². The highest BCUT2D eigenvalue weighted by Crippen LogP contribution is 2.21. The van der Waals surface area contributed by atoms with E-state index in [-0.39, 0.29) is 5.69 Å². The van der Waals surface area contributed by atoms with Gasteiger partial charge >= 0.3 is 0 Å². The summed E-state index contributed by atoms with van der Waals surface area (Å²) in [5.41, 5.74) is 3.64. The van der Waals surface area contributed by atoms with Crippen molar-refractivity contribution in [1.29, 1.82) is 0 Å². The van der Waals surface area contributed by atoms with E-state index in [1.807, 2.05) is 48.6 Å². The van der Waals surface area contributed by atoms with Gasteiger partial charge < -0.3 is 0 Å². The summed E-state index contributed by atoms with van der Waals surface area (Å²) in [6.45, 7) is 0. The van der Waals surface area contributed by atoms with Crippen molar-refractivity contribution in [2.45, 2.75) is 0 Å². The van der Waals surface area contributed by atoms with Gasteiger partial charge in [-0.3, -0.25) is 15.2 Å². The number of aromatic nitrogens is 2. The molecule has 0 unspecified atom stereocenters. The fraction of sp³-hybridized carbons (Fsp3) is 0. The number of hydrogen-bond donors (Lipinski definition) is 1. The van der Waals surface area contributed by atoms with Gasteiger partial charge in [0.2, 0.25) is 0 Å². The second-order valence-corrected chi connectivity index (χ2v) is 4.76. The van der Waals surface area contributed by atoms with E-state index in [1.54, 1.807) is 12.1 Å². The summed E-state index contributed by atoms with van der Waals surface area (Å²) in [5.74, 6) is 0. The normalized spacial score (nSPS) is 10.9. The van der Waals surface area contributed by atoms with Gasteiger partial charge in [0.25, 0.3) is 5.69 Å². The van der Waals surface area contributed by atoms with Crippen LogP contribution in [0.2, 0.25) is 0 Å². The number of benzene rings is 2. The number of aromatic amines is 1. The first-order valence-corrected chi connectivity index (χ1v) is 6.76. The van der Waals surface area contributed by atoms with Crippen molar-refractivity contribution < 1.29 is 4.92 Å². The minimum atomic E-state index is -0.414. The smallest absolute Gasteiger partial charge is 0.269 e. The molecule has 0 bridgehead atoms. The Kier molecular flexibility index (Phi) is 3.78. The van der Waals surface area contributed by atoms with Crippen LogP contribution >= 0.6 is 0 Å². The van der Waals surface area contributed by atoms with Crippen LogP contribution in [0.1, 0.15) is 11.3 Å². The third-order valence-corrected chi connectivity index (χ3v) is 3.23. The van der Waals surface area contributed by atoms with Gasteiger partial charge in [-0.2, -0.15) is 5.10 Å². The van der Waals surface area contributed by atoms with Crippen LogP contribution in [0.15, 0.2) is 60.7 Å². The van der Waals surface area contributed by atoms with E-state index in [9.17, 15) is 10.1 Å². The molecular weight excluding hydrogens is 278 g/mol. The van der Waals surface area contributed by atoms with E-state index in [0.717, 1.165) is 22.5 Å². The summed E-state index contributed by atoms with van der Waals surface area (Å²) in [5, 5.41) is 17.8. The van der Waals surface area contributed by atoms with E-state index in [1.165, 1.54) is 12.1 Å². The molecule has 0 amide bonds. The molecule has 0 atom stereocenters. The summed E-state index contributed by atoms with van der Waals surface area (Å²) in [7, 11) is 0. The minimum absolute atomic E-state index is 0.0727. The Morgan fingerprint density at radius 3 is 2.41 bits per heavy atom. The number of non-ortho nitro benzene ring substituents is 1. The summed E-state index contributed by atoms with van der Waals surface area (Å²) in [6.07, 6.45) is 3.93. The molecule has 0 aliphatic rings. The fourth-order valence-corrected chi connectivity index (χ4v) is 2.07. The van der Waals surface area contributed by atoms with Gasteiger partial charge in [0, 0.05) is 17.7 Å². The predicted octanol–water partition coefficient (Wildman–Crippen LogP) is 4.16. The number of hydrogen-bond acceptors (Lipinski definition) is 3. The zero-order chi connectivity index (χ0) is 15.4. The first kappa shape index (κ1) is 13.8. The molecule has 1 N–H and O–H groups in total. The summed E-state index contributed by atoms with van der Waals surface area (Å²) in [4.78, 5) is 10.2. The van der Waals surface area contributed by atoms with Crippen molar-refractivity contribution in [3.63, 3.8) is 0 Å². The van der Waals surface area contributed by atoms with Crippen LogP contribution in [-0.2, 0) is 0 Å². The van der Waals surface area contributed by atoms with Crippen LogP contribution in [0.25, 0.3) is 23.4 Å². The SMILES string of the molecule is O=[N+]([O-])c1ccc(-c2cc(/C=C/c3ccccc3)[nH]n2)cc1. The van der Waals surface area contributed by atoms with Crippen LogP contribution in [0.4, 0.5) is 5.69 Å². The highest BCUT2D eigenvalue weighted by molar-refractivity contribution is 5.71. The van der Waals surface area contributed by atoms with E-state index in [2.05, 4.69) is 10.2 Å². The average Bonchev–Trinajstić information content (AvgIpc) is 3.03. The Labute approximate surface area is 127 Å². The van der Waals surface area contributed by atoms with Crippen LogP contribution < -0.4 is 0 Å². The van der Waals surface area contributed by atoms with E-state index in [0.29, 0.717) is 0 Å². The summed E-state index contributed by atoms with van der Waals surface area (Å²) < 4.78 is 0. The van der Waals surface area contributed by atoms with Crippen molar-refractivity contribution in [3.05, 3.63) is 82.0 Å². The topological polar surface area (TPSA) is 71.8 Å². The van der Waals surface area contributed by atoms with Crippen molar-refractivity contribution in [3.8, 4) is 11.3 Å². The molecule has 0 saturated carbocycles. The molecule has 22 heavy (non-hydrogen) atoms. The molecular formula is C17H13N3O2. The molecule has 3 rings (SSSR count). The number of nitrogens with one attached hydrogen (secondary N) is 1. The van der Waals surface area contributed by atoms with Crippen molar-refractivity contribution in [2.24, 2.45) is 0 Å².